The molecule has 3 aromatic rings. The third kappa shape index (κ3) is 4.40. The first-order valence-corrected chi connectivity index (χ1v) is 10.2. The Morgan fingerprint density at radius 1 is 0.969 bits per heavy atom. The molecule has 1 fully saturated rings. The zero-order chi connectivity index (χ0) is 22.7. The molecule has 1 aliphatic heterocycles. The summed E-state index contributed by atoms with van der Waals surface area (Å²) in [6.07, 6.45) is 1.40. The van der Waals surface area contributed by atoms with Gasteiger partial charge in [-0.15, -0.1) is 0 Å². The van der Waals surface area contributed by atoms with Crippen molar-refractivity contribution in [2.75, 3.05) is 4.90 Å². The normalized spacial score (nSPS) is 15.1. The molecular formula is C25H19ClN2O4. The number of carbonyl (C=O) groups excluding carboxylic acids is 3. The summed E-state index contributed by atoms with van der Waals surface area (Å²) in [7, 11) is 0. The standard InChI is InChI=1S/C25H19ClN2O4/c1-16-7-5-6-10-21(16)28-24(30)19(23(29)27-25(28)31)13-18-11-12-22(20(26)14-18)32-15-17-8-3-2-4-9-17/h2-14H,15H2,1H3,(H,27,29,31)/b19-13+. The van der Waals surface area contributed by atoms with E-state index in [4.69, 9.17) is 16.3 Å². The van der Waals surface area contributed by atoms with E-state index in [2.05, 4.69) is 5.32 Å². The lowest BCUT2D eigenvalue weighted by Gasteiger charge is -2.27. The summed E-state index contributed by atoms with van der Waals surface area (Å²) >= 11 is 6.35. The second kappa shape index (κ2) is 9.08. The van der Waals surface area contributed by atoms with Gasteiger partial charge in [0.1, 0.15) is 17.9 Å². The number of hydrogen-bond acceptors (Lipinski definition) is 4. The fraction of sp³-hybridized carbons (Fsp3) is 0.0800. The number of nitrogens with zero attached hydrogens (tertiary/aromatic N) is 1. The van der Waals surface area contributed by atoms with E-state index < -0.39 is 17.8 Å². The second-order valence-electron chi connectivity index (χ2n) is 7.21. The number of ether oxygens (including phenoxy) is 1. The van der Waals surface area contributed by atoms with Crippen molar-refractivity contribution in [3.05, 3.63) is 100 Å². The summed E-state index contributed by atoms with van der Waals surface area (Å²) in [4.78, 5) is 38.7. The Hall–Kier alpha value is -3.90. The zero-order valence-corrected chi connectivity index (χ0v) is 17.9. The molecule has 0 atom stereocenters. The van der Waals surface area contributed by atoms with Crippen molar-refractivity contribution in [3.8, 4) is 5.75 Å². The van der Waals surface area contributed by atoms with Crippen molar-refractivity contribution in [1.82, 2.24) is 5.32 Å². The number of anilines is 1. The van der Waals surface area contributed by atoms with Gasteiger partial charge in [0.15, 0.2) is 0 Å². The quantitative estimate of drug-likeness (QED) is 0.447. The second-order valence-corrected chi connectivity index (χ2v) is 7.62. The van der Waals surface area contributed by atoms with Crippen LogP contribution in [-0.2, 0) is 16.2 Å². The van der Waals surface area contributed by atoms with Crippen LogP contribution in [-0.4, -0.2) is 17.8 Å². The Kier molecular flexibility index (Phi) is 6.05. The van der Waals surface area contributed by atoms with Crippen LogP contribution < -0.4 is 15.0 Å². The molecule has 0 unspecified atom stereocenters. The Morgan fingerprint density at radius 3 is 2.41 bits per heavy atom. The largest absolute Gasteiger partial charge is 0.487 e. The van der Waals surface area contributed by atoms with Crippen LogP contribution in [0.1, 0.15) is 16.7 Å². The maximum atomic E-state index is 13.0. The maximum absolute atomic E-state index is 13.0. The zero-order valence-electron chi connectivity index (χ0n) is 17.2. The lowest BCUT2D eigenvalue weighted by Crippen LogP contribution is -2.54. The highest BCUT2D eigenvalue weighted by atomic mass is 35.5. The molecule has 0 aliphatic carbocycles. The number of benzene rings is 3. The number of hydrogen-bond donors (Lipinski definition) is 1. The van der Waals surface area contributed by atoms with Crippen molar-refractivity contribution < 1.29 is 19.1 Å². The van der Waals surface area contributed by atoms with E-state index in [1.807, 2.05) is 30.3 Å². The first kappa shape index (κ1) is 21.3. The summed E-state index contributed by atoms with van der Waals surface area (Å²) in [5, 5.41) is 2.56. The van der Waals surface area contributed by atoms with Crippen molar-refractivity contribution >= 4 is 41.2 Å². The molecule has 1 aliphatic rings. The molecule has 0 radical (unpaired) electrons. The highest BCUT2D eigenvalue weighted by molar-refractivity contribution is 6.39. The van der Waals surface area contributed by atoms with Gasteiger partial charge in [-0.25, -0.2) is 9.69 Å². The van der Waals surface area contributed by atoms with Crippen LogP contribution in [0.4, 0.5) is 10.5 Å². The number of rotatable bonds is 5. The monoisotopic (exact) mass is 446 g/mol. The molecule has 32 heavy (non-hydrogen) atoms. The summed E-state index contributed by atoms with van der Waals surface area (Å²) in [5.41, 5.74) is 2.51. The topological polar surface area (TPSA) is 75.7 Å². The van der Waals surface area contributed by atoms with Gasteiger partial charge in [0.25, 0.3) is 11.8 Å². The van der Waals surface area contributed by atoms with Gasteiger partial charge in [-0.2, -0.15) is 0 Å². The Bertz CT molecular complexity index is 1240. The number of amides is 4. The van der Waals surface area contributed by atoms with E-state index >= 15 is 0 Å². The van der Waals surface area contributed by atoms with E-state index in [1.165, 1.54) is 6.08 Å². The van der Waals surface area contributed by atoms with Gasteiger partial charge in [-0.1, -0.05) is 66.2 Å². The highest BCUT2D eigenvalue weighted by Gasteiger charge is 2.37. The molecular weight excluding hydrogens is 428 g/mol. The lowest BCUT2D eigenvalue weighted by molar-refractivity contribution is -0.122. The maximum Gasteiger partial charge on any atom is 0.335 e. The SMILES string of the molecule is Cc1ccccc1N1C(=O)NC(=O)/C(=C\c2ccc(OCc3ccccc3)c(Cl)c2)C1=O. The number of nitrogens with one attached hydrogen (secondary N) is 1. The molecule has 0 spiro atoms. The van der Waals surface area contributed by atoms with E-state index in [0.29, 0.717) is 28.6 Å². The molecule has 4 rings (SSSR count). The fourth-order valence-corrected chi connectivity index (χ4v) is 3.56. The average molecular weight is 447 g/mol. The van der Waals surface area contributed by atoms with Gasteiger partial charge in [0.2, 0.25) is 0 Å². The number of para-hydroxylation sites is 1. The van der Waals surface area contributed by atoms with E-state index in [1.54, 1.807) is 49.4 Å². The van der Waals surface area contributed by atoms with E-state index in [9.17, 15) is 14.4 Å². The summed E-state index contributed by atoms with van der Waals surface area (Å²) in [6, 6.07) is 20.8. The Labute approximate surface area is 190 Å². The average Bonchev–Trinajstić information content (AvgIpc) is 2.78. The third-order valence-electron chi connectivity index (χ3n) is 4.96. The molecule has 0 aromatic heterocycles. The molecule has 3 aromatic carbocycles. The van der Waals surface area contributed by atoms with Crippen LogP contribution in [0, 0.1) is 6.92 Å². The van der Waals surface area contributed by atoms with Crippen LogP contribution >= 0.6 is 11.6 Å². The first-order chi connectivity index (χ1) is 15.4. The van der Waals surface area contributed by atoms with Crippen LogP contribution in [0.3, 0.4) is 0 Å². The van der Waals surface area contributed by atoms with Crippen LogP contribution in [0.25, 0.3) is 6.08 Å². The minimum Gasteiger partial charge on any atom is -0.487 e. The predicted molar refractivity (Wildman–Crippen MR) is 122 cm³/mol. The van der Waals surface area contributed by atoms with Crippen LogP contribution in [0.15, 0.2) is 78.4 Å². The molecule has 160 valence electrons. The number of imide groups is 2. The lowest BCUT2D eigenvalue weighted by atomic mass is 10.1. The van der Waals surface area contributed by atoms with Crippen molar-refractivity contribution in [2.24, 2.45) is 0 Å². The number of urea groups is 1. The highest BCUT2D eigenvalue weighted by Crippen LogP contribution is 2.29. The van der Waals surface area contributed by atoms with Gasteiger partial charge < -0.3 is 4.74 Å². The van der Waals surface area contributed by atoms with E-state index in [-0.39, 0.29) is 5.57 Å². The van der Waals surface area contributed by atoms with Gasteiger partial charge in [0.05, 0.1) is 10.7 Å². The molecule has 0 saturated carbocycles. The number of aryl methyl sites for hydroxylation is 1. The first-order valence-electron chi connectivity index (χ1n) is 9.87. The molecule has 4 amide bonds. The van der Waals surface area contributed by atoms with Crippen LogP contribution in [0.5, 0.6) is 5.75 Å². The molecule has 1 heterocycles. The van der Waals surface area contributed by atoms with E-state index in [0.717, 1.165) is 16.0 Å². The van der Waals surface area contributed by atoms with Gasteiger partial charge in [0, 0.05) is 0 Å². The Balaban J connectivity index is 1.58. The summed E-state index contributed by atoms with van der Waals surface area (Å²) in [6.45, 7) is 2.14. The molecule has 1 N–H and O–H groups in total. The van der Waals surface area contributed by atoms with Crippen LogP contribution in [0.2, 0.25) is 5.02 Å². The minimum absolute atomic E-state index is 0.165. The third-order valence-corrected chi connectivity index (χ3v) is 5.26. The molecule has 6 nitrogen and oxygen atoms in total. The summed E-state index contributed by atoms with van der Waals surface area (Å²) < 4.78 is 5.76. The smallest absolute Gasteiger partial charge is 0.335 e. The van der Waals surface area contributed by atoms with Gasteiger partial charge in [-0.3, -0.25) is 14.9 Å². The van der Waals surface area contributed by atoms with Crippen molar-refractivity contribution in [1.29, 1.82) is 0 Å². The number of carbonyl (C=O) groups is 3. The molecule has 7 heteroatoms. The van der Waals surface area contributed by atoms with Gasteiger partial charge in [-0.05, 0) is 47.9 Å². The predicted octanol–water partition coefficient (Wildman–Crippen LogP) is 4.89. The van der Waals surface area contributed by atoms with Gasteiger partial charge >= 0.3 is 6.03 Å². The Morgan fingerprint density at radius 2 is 1.69 bits per heavy atom. The number of barbiturate groups is 1. The van der Waals surface area contributed by atoms with Crippen molar-refractivity contribution in [3.63, 3.8) is 0 Å². The number of halogens is 1. The molecule has 0 bridgehead atoms. The van der Waals surface area contributed by atoms with Crippen molar-refractivity contribution in [2.45, 2.75) is 13.5 Å². The molecule has 1 saturated heterocycles. The fourth-order valence-electron chi connectivity index (χ4n) is 3.32. The summed E-state index contributed by atoms with van der Waals surface area (Å²) in [5.74, 6) is -0.979. The minimum atomic E-state index is -0.783.